The van der Waals surface area contributed by atoms with Crippen LogP contribution in [0.25, 0.3) is 0 Å². The van der Waals surface area contributed by atoms with Crippen LogP contribution in [-0.2, 0) is 0 Å². The first kappa shape index (κ1) is 15.3. The molecule has 1 fully saturated rings. The Morgan fingerprint density at radius 3 is 2.44 bits per heavy atom. The smallest absolute Gasteiger partial charge is 0.191 e. The molecule has 3 heteroatoms. The summed E-state index contributed by atoms with van der Waals surface area (Å²) in [5.74, 6) is 0.771. The molecule has 0 saturated heterocycles. The molecule has 0 aromatic heterocycles. The molecule has 0 unspecified atom stereocenters. The van der Waals surface area contributed by atoms with Gasteiger partial charge in [-0.25, -0.2) is 4.99 Å². The van der Waals surface area contributed by atoms with Crippen molar-refractivity contribution in [2.75, 3.05) is 6.54 Å². The van der Waals surface area contributed by atoms with E-state index in [1.54, 1.807) is 0 Å². The molecule has 0 spiro atoms. The molecule has 1 aliphatic carbocycles. The Morgan fingerprint density at radius 1 is 1.22 bits per heavy atom. The number of hydrogen-bond donors (Lipinski definition) is 1. The van der Waals surface area contributed by atoms with E-state index in [0.29, 0.717) is 12.1 Å². The zero-order chi connectivity index (χ0) is 13.4. The van der Waals surface area contributed by atoms with Gasteiger partial charge in [0.1, 0.15) is 0 Å². The van der Waals surface area contributed by atoms with Crippen LogP contribution in [0.3, 0.4) is 0 Å². The predicted octanol–water partition coefficient (Wildman–Crippen LogP) is 3.53. The SMILES string of the molecule is CCCCCN(C(N)=NC1CCCCC1)C(C)C. The second-order valence-corrected chi connectivity index (χ2v) is 5.77. The maximum absolute atomic E-state index is 6.21. The monoisotopic (exact) mass is 253 g/mol. The van der Waals surface area contributed by atoms with Crippen molar-refractivity contribution in [2.24, 2.45) is 10.7 Å². The number of nitrogens with two attached hydrogens (primary N) is 1. The number of hydrogen-bond acceptors (Lipinski definition) is 1. The third-order valence-electron chi connectivity index (χ3n) is 3.81. The molecule has 1 rings (SSSR count). The number of nitrogens with zero attached hydrogens (tertiary/aromatic N) is 2. The molecule has 1 aliphatic rings. The minimum Gasteiger partial charge on any atom is -0.370 e. The molecule has 18 heavy (non-hydrogen) atoms. The summed E-state index contributed by atoms with van der Waals surface area (Å²) in [5.41, 5.74) is 6.21. The molecule has 0 aromatic rings. The van der Waals surface area contributed by atoms with Crippen LogP contribution in [0.1, 0.15) is 72.1 Å². The van der Waals surface area contributed by atoms with Crippen molar-refractivity contribution in [1.29, 1.82) is 0 Å². The zero-order valence-corrected chi connectivity index (χ0v) is 12.5. The Balaban J connectivity index is 2.51. The van der Waals surface area contributed by atoms with Crippen molar-refractivity contribution in [3.05, 3.63) is 0 Å². The molecule has 2 N–H and O–H groups in total. The molecule has 0 amide bonds. The molecule has 3 nitrogen and oxygen atoms in total. The van der Waals surface area contributed by atoms with Crippen LogP contribution in [0.4, 0.5) is 0 Å². The summed E-state index contributed by atoms with van der Waals surface area (Å²) < 4.78 is 0. The van der Waals surface area contributed by atoms with E-state index in [9.17, 15) is 0 Å². The lowest BCUT2D eigenvalue weighted by atomic mass is 9.96. The van der Waals surface area contributed by atoms with Crippen LogP contribution < -0.4 is 5.73 Å². The number of guanidine groups is 1. The highest BCUT2D eigenvalue weighted by atomic mass is 15.3. The van der Waals surface area contributed by atoms with Crippen LogP contribution in [0, 0.1) is 0 Å². The van der Waals surface area contributed by atoms with Crippen molar-refractivity contribution in [3.8, 4) is 0 Å². The van der Waals surface area contributed by atoms with E-state index in [-0.39, 0.29) is 0 Å². The fourth-order valence-electron chi connectivity index (χ4n) is 2.64. The van der Waals surface area contributed by atoms with E-state index >= 15 is 0 Å². The van der Waals surface area contributed by atoms with Crippen molar-refractivity contribution >= 4 is 5.96 Å². The third-order valence-corrected chi connectivity index (χ3v) is 3.81. The lowest BCUT2D eigenvalue weighted by molar-refractivity contribution is 0.331. The van der Waals surface area contributed by atoms with Crippen molar-refractivity contribution in [3.63, 3.8) is 0 Å². The quantitative estimate of drug-likeness (QED) is 0.447. The maximum Gasteiger partial charge on any atom is 0.191 e. The maximum atomic E-state index is 6.21. The van der Waals surface area contributed by atoms with Gasteiger partial charge in [-0.2, -0.15) is 0 Å². The first-order chi connectivity index (χ1) is 8.65. The van der Waals surface area contributed by atoms with Gasteiger partial charge in [0.25, 0.3) is 0 Å². The molecule has 1 saturated carbocycles. The Hall–Kier alpha value is -0.730. The Morgan fingerprint density at radius 2 is 1.89 bits per heavy atom. The van der Waals surface area contributed by atoms with Crippen LogP contribution in [-0.4, -0.2) is 29.5 Å². The van der Waals surface area contributed by atoms with Crippen molar-refractivity contribution in [2.45, 2.75) is 84.2 Å². The van der Waals surface area contributed by atoms with Crippen LogP contribution in [0.2, 0.25) is 0 Å². The van der Waals surface area contributed by atoms with Crippen LogP contribution >= 0.6 is 0 Å². The van der Waals surface area contributed by atoms with Gasteiger partial charge in [0.05, 0.1) is 6.04 Å². The lowest BCUT2D eigenvalue weighted by Crippen LogP contribution is -2.43. The summed E-state index contributed by atoms with van der Waals surface area (Å²) in [4.78, 5) is 7.02. The van der Waals surface area contributed by atoms with Crippen molar-refractivity contribution in [1.82, 2.24) is 4.90 Å². The highest BCUT2D eigenvalue weighted by Gasteiger charge is 2.16. The molecule has 0 bridgehead atoms. The van der Waals surface area contributed by atoms with Gasteiger partial charge in [-0.3, -0.25) is 0 Å². The Bertz CT molecular complexity index is 242. The van der Waals surface area contributed by atoms with Gasteiger partial charge in [0.15, 0.2) is 5.96 Å². The minimum atomic E-state index is 0.453. The van der Waals surface area contributed by atoms with Crippen LogP contribution in [0.15, 0.2) is 4.99 Å². The largest absolute Gasteiger partial charge is 0.370 e. The van der Waals surface area contributed by atoms with E-state index in [2.05, 4.69) is 25.7 Å². The van der Waals surface area contributed by atoms with E-state index in [1.807, 2.05) is 0 Å². The van der Waals surface area contributed by atoms with E-state index < -0.39 is 0 Å². The van der Waals surface area contributed by atoms with Gasteiger partial charge in [-0.05, 0) is 33.1 Å². The minimum absolute atomic E-state index is 0.453. The summed E-state index contributed by atoms with van der Waals surface area (Å²) in [6, 6.07) is 0.931. The summed E-state index contributed by atoms with van der Waals surface area (Å²) in [6.07, 6.45) is 10.2. The highest BCUT2D eigenvalue weighted by Crippen LogP contribution is 2.20. The Labute approximate surface area is 113 Å². The van der Waals surface area contributed by atoms with Gasteiger partial charge in [-0.15, -0.1) is 0 Å². The second kappa shape index (κ2) is 8.39. The summed E-state index contributed by atoms with van der Waals surface area (Å²) >= 11 is 0. The summed E-state index contributed by atoms with van der Waals surface area (Å²) in [5, 5.41) is 0. The van der Waals surface area contributed by atoms with Gasteiger partial charge in [-0.1, -0.05) is 39.0 Å². The van der Waals surface area contributed by atoms with Crippen molar-refractivity contribution < 1.29 is 0 Å². The van der Waals surface area contributed by atoms with Gasteiger partial charge in [0, 0.05) is 12.6 Å². The first-order valence-electron chi connectivity index (χ1n) is 7.75. The highest BCUT2D eigenvalue weighted by molar-refractivity contribution is 5.78. The molecule has 0 heterocycles. The molecule has 0 aliphatic heterocycles. The lowest BCUT2D eigenvalue weighted by Gasteiger charge is -2.29. The molecule has 106 valence electrons. The topological polar surface area (TPSA) is 41.6 Å². The third kappa shape index (κ3) is 5.28. The molecule has 0 radical (unpaired) electrons. The molecular formula is C15H31N3. The average molecular weight is 253 g/mol. The molecular weight excluding hydrogens is 222 g/mol. The van der Waals surface area contributed by atoms with Gasteiger partial charge < -0.3 is 10.6 Å². The van der Waals surface area contributed by atoms with E-state index in [0.717, 1.165) is 12.5 Å². The molecule has 0 aromatic carbocycles. The fraction of sp³-hybridized carbons (Fsp3) is 0.933. The van der Waals surface area contributed by atoms with E-state index in [4.69, 9.17) is 10.7 Å². The predicted molar refractivity (Wildman–Crippen MR) is 79.9 cm³/mol. The standard InChI is InChI=1S/C15H31N3/c1-4-5-9-12-18(13(2)3)15(16)17-14-10-7-6-8-11-14/h13-14H,4-12H2,1-3H3,(H2,16,17). The summed E-state index contributed by atoms with van der Waals surface area (Å²) in [6.45, 7) is 7.69. The number of unbranched alkanes of at least 4 members (excludes halogenated alkanes) is 2. The van der Waals surface area contributed by atoms with Gasteiger partial charge >= 0.3 is 0 Å². The first-order valence-corrected chi connectivity index (χ1v) is 7.75. The molecule has 0 atom stereocenters. The number of aliphatic imine (C=N–C) groups is 1. The second-order valence-electron chi connectivity index (χ2n) is 5.77. The summed E-state index contributed by atoms with van der Waals surface area (Å²) in [7, 11) is 0. The van der Waals surface area contributed by atoms with Gasteiger partial charge in [0.2, 0.25) is 0 Å². The number of rotatable bonds is 6. The Kier molecular flexibility index (Phi) is 7.14. The zero-order valence-electron chi connectivity index (χ0n) is 12.5. The van der Waals surface area contributed by atoms with Crippen LogP contribution in [0.5, 0.6) is 0 Å². The normalized spacial score (nSPS) is 18.3. The van der Waals surface area contributed by atoms with E-state index in [1.165, 1.54) is 51.4 Å². The fourth-order valence-corrected chi connectivity index (χ4v) is 2.64. The average Bonchev–Trinajstić information content (AvgIpc) is 2.35.